The molecule has 0 bridgehead atoms. The van der Waals surface area contributed by atoms with Gasteiger partial charge in [-0.05, 0) is 36.9 Å². The molecule has 0 aliphatic carbocycles. The van der Waals surface area contributed by atoms with E-state index >= 15 is 0 Å². The SMILES string of the molecule is CN(Cc1nc2ccccc2s1)C(=O)C1NCCCC1(C)C. The van der Waals surface area contributed by atoms with Gasteiger partial charge in [0, 0.05) is 7.05 Å². The maximum Gasteiger partial charge on any atom is 0.240 e. The summed E-state index contributed by atoms with van der Waals surface area (Å²) in [5.74, 6) is 0.170. The zero-order valence-corrected chi connectivity index (χ0v) is 14.2. The van der Waals surface area contributed by atoms with Crippen LogP contribution >= 0.6 is 11.3 Å². The van der Waals surface area contributed by atoms with Crippen molar-refractivity contribution in [1.82, 2.24) is 15.2 Å². The summed E-state index contributed by atoms with van der Waals surface area (Å²) in [4.78, 5) is 19.2. The van der Waals surface area contributed by atoms with Crippen molar-refractivity contribution < 1.29 is 4.79 Å². The van der Waals surface area contributed by atoms with Crippen LogP contribution in [0.15, 0.2) is 24.3 Å². The molecule has 1 amide bonds. The number of carbonyl (C=O) groups excluding carboxylic acids is 1. The van der Waals surface area contributed by atoms with Crippen LogP contribution in [0, 0.1) is 5.41 Å². The molecule has 1 aromatic carbocycles. The molecule has 0 radical (unpaired) electrons. The lowest BCUT2D eigenvalue weighted by molar-refractivity contribution is -0.136. The highest BCUT2D eigenvalue weighted by Gasteiger charge is 2.38. The number of aromatic nitrogens is 1. The summed E-state index contributed by atoms with van der Waals surface area (Å²) in [5, 5.41) is 4.39. The van der Waals surface area contributed by atoms with Gasteiger partial charge in [-0.3, -0.25) is 4.79 Å². The Labute approximate surface area is 135 Å². The van der Waals surface area contributed by atoms with Crippen molar-refractivity contribution >= 4 is 27.5 Å². The highest BCUT2D eigenvalue weighted by atomic mass is 32.1. The lowest BCUT2D eigenvalue weighted by Crippen LogP contribution is -2.55. The van der Waals surface area contributed by atoms with Crippen LogP contribution in [0.2, 0.25) is 0 Å². The highest BCUT2D eigenvalue weighted by molar-refractivity contribution is 7.18. The molecule has 1 N–H and O–H groups in total. The van der Waals surface area contributed by atoms with E-state index in [9.17, 15) is 4.79 Å². The van der Waals surface area contributed by atoms with Crippen LogP contribution < -0.4 is 5.32 Å². The van der Waals surface area contributed by atoms with E-state index in [1.165, 1.54) is 4.70 Å². The van der Waals surface area contributed by atoms with Crippen LogP contribution in [-0.4, -0.2) is 35.4 Å². The minimum absolute atomic E-state index is 0.0111. The average molecular weight is 317 g/mol. The Morgan fingerprint density at radius 3 is 2.95 bits per heavy atom. The number of nitrogens with zero attached hydrogens (tertiary/aromatic N) is 2. The van der Waals surface area contributed by atoms with E-state index in [1.54, 1.807) is 11.3 Å². The van der Waals surface area contributed by atoms with E-state index in [2.05, 4.69) is 30.2 Å². The first-order valence-corrected chi connectivity index (χ1v) is 8.62. The molecule has 1 atom stereocenters. The van der Waals surface area contributed by atoms with E-state index in [4.69, 9.17) is 0 Å². The number of piperidine rings is 1. The fraction of sp³-hybridized carbons (Fsp3) is 0.529. The van der Waals surface area contributed by atoms with Crippen molar-refractivity contribution in [1.29, 1.82) is 0 Å². The van der Waals surface area contributed by atoms with Gasteiger partial charge in [0.05, 0.1) is 22.8 Å². The molecule has 22 heavy (non-hydrogen) atoms. The van der Waals surface area contributed by atoms with Crippen molar-refractivity contribution in [3.8, 4) is 0 Å². The van der Waals surface area contributed by atoms with E-state index in [0.717, 1.165) is 29.9 Å². The number of hydrogen-bond donors (Lipinski definition) is 1. The van der Waals surface area contributed by atoms with Crippen LogP contribution in [0.3, 0.4) is 0 Å². The molecule has 4 nitrogen and oxygen atoms in total. The van der Waals surface area contributed by atoms with Crippen LogP contribution in [0.4, 0.5) is 0 Å². The van der Waals surface area contributed by atoms with Gasteiger partial charge >= 0.3 is 0 Å². The van der Waals surface area contributed by atoms with Gasteiger partial charge < -0.3 is 10.2 Å². The Kier molecular flexibility index (Phi) is 4.19. The predicted octanol–water partition coefficient (Wildman–Crippen LogP) is 3.03. The number of carbonyl (C=O) groups is 1. The summed E-state index contributed by atoms with van der Waals surface area (Å²) >= 11 is 1.66. The Hall–Kier alpha value is -1.46. The van der Waals surface area contributed by atoms with Crippen molar-refractivity contribution in [2.75, 3.05) is 13.6 Å². The summed E-state index contributed by atoms with van der Waals surface area (Å²) in [5.41, 5.74) is 1.02. The number of likely N-dealkylation sites (N-methyl/N-ethyl adjacent to an activating group) is 1. The maximum atomic E-state index is 12.8. The van der Waals surface area contributed by atoms with Crippen LogP contribution in [-0.2, 0) is 11.3 Å². The molecule has 0 spiro atoms. The molecule has 1 fully saturated rings. The number of para-hydroxylation sites is 1. The zero-order chi connectivity index (χ0) is 15.7. The quantitative estimate of drug-likeness (QED) is 0.946. The standard InChI is InChI=1S/C17H23N3OS/c1-17(2)9-6-10-18-15(17)16(21)20(3)11-14-19-12-7-4-5-8-13(12)22-14/h4-5,7-8,15,18H,6,9-11H2,1-3H3. The van der Waals surface area contributed by atoms with Crippen molar-refractivity contribution in [2.45, 2.75) is 39.3 Å². The third kappa shape index (κ3) is 3.01. The summed E-state index contributed by atoms with van der Waals surface area (Å²) < 4.78 is 1.18. The molecular weight excluding hydrogens is 294 g/mol. The first kappa shape index (κ1) is 15.4. The molecule has 2 heterocycles. The molecule has 2 aromatic rings. The molecule has 3 rings (SSSR count). The first-order chi connectivity index (χ1) is 10.5. The third-order valence-electron chi connectivity index (χ3n) is 4.46. The summed E-state index contributed by atoms with van der Waals surface area (Å²) in [6.45, 7) is 5.85. The third-order valence-corrected chi connectivity index (χ3v) is 5.48. The van der Waals surface area contributed by atoms with Crippen LogP contribution in [0.1, 0.15) is 31.7 Å². The van der Waals surface area contributed by atoms with Gasteiger partial charge in [0.15, 0.2) is 0 Å². The lowest BCUT2D eigenvalue weighted by atomic mass is 9.77. The smallest absolute Gasteiger partial charge is 0.240 e. The molecule has 1 unspecified atom stereocenters. The molecule has 118 valence electrons. The molecule has 1 aromatic heterocycles. The Morgan fingerprint density at radius 2 is 2.23 bits per heavy atom. The molecular formula is C17H23N3OS. The first-order valence-electron chi connectivity index (χ1n) is 7.80. The fourth-order valence-electron chi connectivity index (χ4n) is 3.12. The second kappa shape index (κ2) is 5.97. The van der Waals surface area contributed by atoms with Crippen LogP contribution in [0.25, 0.3) is 10.2 Å². The topological polar surface area (TPSA) is 45.2 Å². The summed E-state index contributed by atoms with van der Waals surface area (Å²) in [6, 6.07) is 8.01. The van der Waals surface area contributed by atoms with Crippen molar-refractivity contribution in [3.05, 3.63) is 29.3 Å². The molecule has 5 heteroatoms. The molecule has 1 aliphatic heterocycles. The van der Waals surface area contributed by atoms with Gasteiger partial charge in [0.25, 0.3) is 0 Å². The van der Waals surface area contributed by atoms with Gasteiger partial charge in [-0.2, -0.15) is 0 Å². The Bertz CT molecular complexity index is 646. The predicted molar refractivity (Wildman–Crippen MR) is 90.9 cm³/mol. The minimum atomic E-state index is -0.0966. The largest absolute Gasteiger partial charge is 0.338 e. The summed E-state index contributed by atoms with van der Waals surface area (Å²) in [7, 11) is 1.88. The second-order valence-electron chi connectivity index (χ2n) is 6.75. The normalized spacial score (nSPS) is 21.0. The minimum Gasteiger partial charge on any atom is -0.338 e. The fourth-order valence-corrected chi connectivity index (χ4v) is 4.14. The van der Waals surface area contributed by atoms with E-state index in [0.29, 0.717) is 6.54 Å². The van der Waals surface area contributed by atoms with E-state index < -0.39 is 0 Å². The van der Waals surface area contributed by atoms with Gasteiger partial charge in [-0.15, -0.1) is 11.3 Å². The highest BCUT2D eigenvalue weighted by Crippen LogP contribution is 2.31. The number of fused-ring (bicyclic) bond motifs is 1. The average Bonchev–Trinajstić information content (AvgIpc) is 2.88. The van der Waals surface area contributed by atoms with Gasteiger partial charge in [-0.25, -0.2) is 4.98 Å². The lowest BCUT2D eigenvalue weighted by Gasteiger charge is -2.39. The molecule has 1 aliphatic rings. The van der Waals surface area contributed by atoms with E-state index in [1.807, 2.05) is 30.1 Å². The molecule has 1 saturated heterocycles. The summed E-state index contributed by atoms with van der Waals surface area (Å²) in [6.07, 6.45) is 2.23. The zero-order valence-electron chi connectivity index (χ0n) is 13.4. The van der Waals surface area contributed by atoms with Crippen LogP contribution in [0.5, 0.6) is 0 Å². The molecule has 0 saturated carbocycles. The van der Waals surface area contributed by atoms with Gasteiger partial charge in [0.2, 0.25) is 5.91 Å². The Morgan fingerprint density at radius 1 is 1.45 bits per heavy atom. The van der Waals surface area contributed by atoms with Gasteiger partial charge in [0.1, 0.15) is 5.01 Å². The maximum absolute atomic E-state index is 12.8. The number of thiazole rings is 1. The number of amides is 1. The number of rotatable bonds is 3. The number of nitrogens with one attached hydrogen (secondary N) is 1. The van der Waals surface area contributed by atoms with Gasteiger partial charge in [-0.1, -0.05) is 26.0 Å². The van der Waals surface area contributed by atoms with Crippen molar-refractivity contribution in [2.24, 2.45) is 5.41 Å². The number of benzene rings is 1. The monoisotopic (exact) mass is 317 g/mol. The van der Waals surface area contributed by atoms with E-state index in [-0.39, 0.29) is 17.4 Å². The second-order valence-corrected chi connectivity index (χ2v) is 7.86. The van der Waals surface area contributed by atoms with Crippen molar-refractivity contribution in [3.63, 3.8) is 0 Å². The number of hydrogen-bond acceptors (Lipinski definition) is 4. The Balaban J connectivity index is 1.73.